The smallest absolute Gasteiger partial charge is 0.139 e. The molecule has 0 aliphatic heterocycles. The van der Waals surface area contributed by atoms with E-state index in [4.69, 9.17) is 0 Å². The first-order valence-corrected chi connectivity index (χ1v) is 5.68. The van der Waals surface area contributed by atoms with Gasteiger partial charge in [0, 0.05) is 18.1 Å². The number of nitrogens with zero attached hydrogens (tertiary/aromatic N) is 2. The first-order chi connectivity index (χ1) is 7.29. The monoisotopic (exact) mass is 206 g/mol. The second-order valence-corrected chi connectivity index (χ2v) is 2.78. The van der Waals surface area contributed by atoms with Crippen molar-refractivity contribution in [3.05, 3.63) is 35.8 Å². The van der Waals surface area contributed by atoms with Gasteiger partial charge in [-0.15, -0.1) is 0 Å². The molecule has 15 heavy (non-hydrogen) atoms. The van der Waals surface area contributed by atoms with Gasteiger partial charge < -0.3 is 4.40 Å². The predicted octanol–water partition coefficient (Wildman–Crippen LogP) is 4.00. The van der Waals surface area contributed by atoms with Crippen molar-refractivity contribution in [2.45, 2.75) is 41.5 Å². The summed E-state index contributed by atoms with van der Waals surface area (Å²) in [7, 11) is 0. The third kappa shape index (κ3) is 3.08. The predicted molar refractivity (Wildman–Crippen MR) is 67.4 cm³/mol. The number of pyridine rings is 1. The highest BCUT2D eigenvalue weighted by Gasteiger charge is 1.98. The van der Waals surface area contributed by atoms with Crippen molar-refractivity contribution in [3.63, 3.8) is 0 Å². The normalized spacial score (nSPS) is 8.67. The Hall–Kier alpha value is -1.31. The maximum Gasteiger partial charge on any atom is 0.139 e. The minimum atomic E-state index is 1.06. The molecule has 0 N–H and O–H groups in total. The van der Waals surface area contributed by atoms with E-state index in [2.05, 4.69) is 35.4 Å². The van der Waals surface area contributed by atoms with Gasteiger partial charge >= 0.3 is 0 Å². The number of hydrogen-bond donors (Lipinski definition) is 0. The zero-order valence-corrected chi connectivity index (χ0v) is 10.7. The van der Waals surface area contributed by atoms with Crippen LogP contribution < -0.4 is 0 Å². The lowest BCUT2D eigenvalue weighted by atomic mass is 10.2. The fourth-order valence-electron chi connectivity index (χ4n) is 1.28. The van der Waals surface area contributed by atoms with Gasteiger partial charge in [0.2, 0.25) is 0 Å². The Kier molecular flexibility index (Phi) is 6.43. The van der Waals surface area contributed by atoms with E-state index in [1.54, 1.807) is 0 Å². The second-order valence-electron chi connectivity index (χ2n) is 2.78. The molecular formula is C13H22N2. The Morgan fingerprint density at radius 2 is 1.60 bits per heavy atom. The number of aromatic nitrogens is 2. The molecule has 2 aromatic heterocycles. The molecule has 0 saturated carbocycles. The van der Waals surface area contributed by atoms with Crippen LogP contribution >= 0.6 is 0 Å². The van der Waals surface area contributed by atoms with E-state index in [9.17, 15) is 0 Å². The van der Waals surface area contributed by atoms with E-state index in [0.29, 0.717) is 0 Å². The van der Waals surface area contributed by atoms with Crippen LogP contribution in [-0.4, -0.2) is 9.38 Å². The maximum atomic E-state index is 4.24. The molecule has 2 rings (SSSR count). The van der Waals surface area contributed by atoms with Crippen molar-refractivity contribution in [2.75, 3.05) is 0 Å². The van der Waals surface area contributed by atoms with Gasteiger partial charge in [0.15, 0.2) is 0 Å². The lowest BCUT2D eigenvalue weighted by Gasteiger charge is -2.00. The SMILES string of the molecule is CC.CC.Cc1ccc(C)n2ccnc12. The zero-order chi connectivity index (χ0) is 11.8. The van der Waals surface area contributed by atoms with Gasteiger partial charge in [-0.05, 0) is 25.5 Å². The van der Waals surface area contributed by atoms with Crippen LogP contribution in [0.3, 0.4) is 0 Å². The standard InChI is InChI=1S/C9H10N2.2C2H6/c1-7-3-4-8(2)11-6-5-10-9(7)11;2*1-2/h3-6H,1-2H3;2*1-2H3. The number of fused-ring (bicyclic) bond motifs is 1. The number of rotatable bonds is 0. The van der Waals surface area contributed by atoms with Gasteiger partial charge in [0.25, 0.3) is 0 Å². The summed E-state index contributed by atoms with van der Waals surface area (Å²) < 4.78 is 2.09. The lowest BCUT2D eigenvalue weighted by molar-refractivity contribution is 1.08. The molecule has 0 aliphatic rings. The molecule has 0 spiro atoms. The molecule has 2 nitrogen and oxygen atoms in total. The molecule has 0 aromatic carbocycles. The second kappa shape index (κ2) is 7.04. The fraction of sp³-hybridized carbons (Fsp3) is 0.462. The third-order valence-electron chi connectivity index (χ3n) is 1.95. The van der Waals surface area contributed by atoms with E-state index in [1.165, 1.54) is 11.3 Å². The molecule has 0 bridgehead atoms. The topological polar surface area (TPSA) is 17.3 Å². The van der Waals surface area contributed by atoms with Gasteiger partial charge in [-0.25, -0.2) is 4.98 Å². The molecular weight excluding hydrogens is 184 g/mol. The van der Waals surface area contributed by atoms with Crippen molar-refractivity contribution in [3.8, 4) is 0 Å². The first-order valence-electron chi connectivity index (χ1n) is 5.68. The van der Waals surface area contributed by atoms with E-state index in [0.717, 1.165) is 5.65 Å². The van der Waals surface area contributed by atoms with Crippen molar-refractivity contribution in [2.24, 2.45) is 0 Å². The maximum absolute atomic E-state index is 4.24. The Balaban J connectivity index is 0.000000442. The van der Waals surface area contributed by atoms with Crippen LogP contribution in [0.15, 0.2) is 24.5 Å². The quantitative estimate of drug-likeness (QED) is 0.636. The minimum absolute atomic E-state index is 1.06. The van der Waals surface area contributed by atoms with Crippen LogP contribution in [0.25, 0.3) is 5.65 Å². The molecule has 0 saturated heterocycles. The summed E-state index contributed by atoms with van der Waals surface area (Å²) in [6, 6.07) is 4.20. The summed E-state index contributed by atoms with van der Waals surface area (Å²) in [5.74, 6) is 0. The van der Waals surface area contributed by atoms with E-state index in [1.807, 2.05) is 40.1 Å². The highest BCUT2D eigenvalue weighted by atomic mass is 15.0. The number of imidazole rings is 1. The van der Waals surface area contributed by atoms with Gasteiger partial charge in [-0.2, -0.15) is 0 Å². The minimum Gasteiger partial charge on any atom is -0.304 e. The van der Waals surface area contributed by atoms with Crippen molar-refractivity contribution < 1.29 is 0 Å². The molecule has 0 unspecified atom stereocenters. The van der Waals surface area contributed by atoms with Gasteiger partial charge in [-0.1, -0.05) is 33.8 Å². The summed E-state index contributed by atoms with van der Waals surface area (Å²) in [6.07, 6.45) is 3.81. The van der Waals surface area contributed by atoms with E-state index >= 15 is 0 Å². The van der Waals surface area contributed by atoms with E-state index in [-0.39, 0.29) is 0 Å². The van der Waals surface area contributed by atoms with Crippen LogP contribution in [0.2, 0.25) is 0 Å². The molecule has 0 atom stereocenters. The molecule has 84 valence electrons. The summed E-state index contributed by atoms with van der Waals surface area (Å²) >= 11 is 0. The Bertz CT molecular complexity index is 352. The zero-order valence-electron chi connectivity index (χ0n) is 10.7. The van der Waals surface area contributed by atoms with Crippen LogP contribution in [0, 0.1) is 13.8 Å². The summed E-state index contributed by atoms with van der Waals surface area (Å²) in [5.41, 5.74) is 3.51. The van der Waals surface area contributed by atoms with Crippen LogP contribution in [0.5, 0.6) is 0 Å². The van der Waals surface area contributed by atoms with Crippen LogP contribution in [0.4, 0.5) is 0 Å². The molecule has 2 heterocycles. The van der Waals surface area contributed by atoms with Crippen LogP contribution in [0.1, 0.15) is 39.0 Å². The highest BCUT2D eigenvalue weighted by molar-refractivity contribution is 5.47. The average molecular weight is 206 g/mol. The number of aryl methyl sites for hydroxylation is 2. The van der Waals surface area contributed by atoms with Gasteiger partial charge in [-0.3, -0.25) is 0 Å². The first kappa shape index (κ1) is 13.7. The summed E-state index contributed by atoms with van der Waals surface area (Å²) in [5, 5.41) is 0. The molecule has 2 aromatic rings. The van der Waals surface area contributed by atoms with Gasteiger partial charge in [0.1, 0.15) is 5.65 Å². The largest absolute Gasteiger partial charge is 0.304 e. The molecule has 0 aliphatic carbocycles. The summed E-state index contributed by atoms with van der Waals surface area (Å²) in [4.78, 5) is 4.24. The Morgan fingerprint density at radius 1 is 1.00 bits per heavy atom. The van der Waals surface area contributed by atoms with E-state index < -0.39 is 0 Å². The Morgan fingerprint density at radius 3 is 2.13 bits per heavy atom. The third-order valence-corrected chi connectivity index (χ3v) is 1.95. The van der Waals surface area contributed by atoms with Crippen molar-refractivity contribution in [1.29, 1.82) is 0 Å². The van der Waals surface area contributed by atoms with Gasteiger partial charge in [0.05, 0.1) is 0 Å². The molecule has 0 fully saturated rings. The van der Waals surface area contributed by atoms with Crippen molar-refractivity contribution in [1.82, 2.24) is 9.38 Å². The summed E-state index contributed by atoms with van der Waals surface area (Å²) in [6.45, 7) is 12.1. The highest BCUT2D eigenvalue weighted by Crippen LogP contribution is 2.09. The molecule has 0 radical (unpaired) electrons. The fourth-order valence-corrected chi connectivity index (χ4v) is 1.28. The number of hydrogen-bond acceptors (Lipinski definition) is 1. The lowest BCUT2D eigenvalue weighted by Crippen LogP contribution is -1.90. The van der Waals surface area contributed by atoms with Crippen LogP contribution in [-0.2, 0) is 0 Å². The average Bonchev–Trinajstić information content (AvgIpc) is 2.79. The van der Waals surface area contributed by atoms with Crippen molar-refractivity contribution >= 4 is 5.65 Å². The molecule has 0 amide bonds. The Labute approximate surface area is 93.0 Å². The molecule has 2 heteroatoms.